The molecule has 0 fully saturated rings. The molecule has 0 saturated heterocycles. The first-order chi connectivity index (χ1) is 10.2. The molecule has 1 heterocycles. The molecule has 0 aliphatic rings. The molecule has 0 saturated carbocycles. The minimum Gasteiger partial charge on any atom is -0.382 e. The monoisotopic (exact) mass is 315 g/mol. The molecule has 0 amide bonds. The molecule has 5 heteroatoms. The first-order valence-electron chi connectivity index (χ1n) is 6.50. The van der Waals surface area contributed by atoms with Gasteiger partial charge in [0.2, 0.25) is 0 Å². The normalized spacial score (nSPS) is 10.7. The first kappa shape index (κ1) is 14.0. The molecule has 1 aromatic heterocycles. The van der Waals surface area contributed by atoms with Crippen LogP contribution in [0.1, 0.15) is 5.56 Å². The molecule has 0 bridgehead atoms. The molecule has 0 spiro atoms. The van der Waals surface area contributed by atoms with E-state index in [9.17, 15) is 0 Å². The lowest BCUT2D eigenvalue weighted by Gasteiger charge is -2.08. The van der Waals surface area contributed by atoms with E-state index in [4.69, 9.17) is 17.3 Å². The Morgan fingerprint density at radius 1 is 1.10 bits per heavy atom. The highest BCUT2D eigenvalue weighted by Crippen LogP contribution is 2.34. The van der Waals surface area contributed by atoms with Crippen LogP contribution in [0.5, 0.6) is 0 Å². The highest BCUT2D eigenvalue weighted by Gasteiger charge is 2.09. The fraction of sp³-hybridized carbons (Fsp3) is 0.0625. The first-order valence-corrected chi connectivity index (χ1v) is 7.86. The Kier molecular flexibility index (Phi) is 4.18. The third-order valence-corrected chi connectivity index (χ3v) is 4.45. The number of nitrogens with one attached hydrogen (secondary N) is 1. The summed E-state index contributed by atoms with van der Waals surface area (Å²) in [7, 11) is 0. The molecular weight excluding hydrogens is 302 g/mol. The van der Waals surface area contributed by atoms with E-state index in [1.54, 1.807) is 11.8 Å². The van der Waals surface area contributed by atoms with E-state index >= 15 is 0 Å². The maximum absolute atomic E-state index is 6.12. The molecule has 106 valence electrons. The summed E-state index contributed by atoms with van der Waals surface area (Å²) in [6, 6.07) is 18.0. The number of anilines is 1. The lowest BCUT2D eigenvalue weighted by Crippen LogP contribution is -1.85. The molecule has 2 aromatic carbocycles. The Bertz CT molecular complexity index is 740. The topological polar surface area (TPSA) is 54.7 Å². The van der Waals surface area contributed by atoms with Gasteiger partial charge in [0.05, 0.1) is 5.69 Å². The second-order valence-corrected chi connectivity index (χ2v) is 6.07. The van der Waals surface area contributed by atoms with Gasteiger partial charge in [-0.2, -0.15) is 5.10 Å². The molecule has 0 unspecified atom stereocenters. The van der Waals surface area contributed by atoms with Gasteiger partial charge in [-0.3, -0.25) is 5.10 Å². The number of nitrogens with two attached hydrogens (primary N) is 1. The van der Waals surface area contributed by atoms with E-state index in [0.717, 1.165) is 21.9 Å². The van der Waals surface area contributed by atoms with Gasteiger partial charge in [-0.25, -0.2) is 0 Å². The fourth-order valence-electron chi connectivity index (χ4n) is 2.05. The molecular formula is C16H14ClN3S. The van der Waals surface area contributed by atoms with Crippen LogP contribution in [0.15, 0.2) is 59.5 Å². The van der Waals surface area contributed by atoms with Crippen molar-refractivity contribution in [2.75, 3.05) is 5.73 Å². The van der Waals surface area contributed by atoms with Gasteiger partial charge >= 0.3 is 0 Å². The van der Waals surface area contributed by atoms with E-state index in [0.29, 0.717) is 10.8 Å². The number of rotatable bonds is 4. The Balaban J connectivity index is 1.88. The van der Waals surface area contributed by atoms with E-state index in [2.05, 4.69) is 22.3 Å². The number of thioether (sulfide) groups is 1. The summed E-state index contributed by atoms with van der Waals surface area (Å²) in [5, 5.41) is 7.62. The molecule has 21 heavy (non-hydrogen) atoms. The summed E-state index contributed by atoms with van der Waals surface area (Å²) in [6.07, 6.45) is 0. The molecule has 0 radical (unpaired) electrons. The van der Waals surface area contributed by atoms with Crippen molar-refractivity contribution >= 4 is 29.2 Å². The zero-order valence-corrected chi connectivity index (χ0v) is 12.8. The van der Waals surface area contributed by atoms with Crippen LogP contribution in [0.2, 0.25) is 5.02 Å². The second-order valence-electron chi connectivity index (χ2n) is 4.62. The van der Waals surface area contributed by atoms with Gasteiger partial charge in [0.25, 0.3) is 0 Å². The summed E-state index contributed by atoms with van der Waals surface area (Å²) < 4.78 is 0. The third kappa shape index (κ3) is 3.40. The maximum Gasteiger partial charge on any atom is 0.145 e. The minimum atomic E-state index is 0.476. The quantitative estimate of drug-likeness (QED) is 0.691. The third-order valence-electron chi connectivity index (χ3n) is 3.07. The van der Waals surface area contributed by atoms with Crippen LogP contribution in [0.4, 0.5) is 5.82 Å². The Labute approximate surface area is 132 Å². The summed E-state index contributed by atoms with van der Waals surface area (Å²) in [5.74, 6) is 1.38. The van der Waals surface area contributed by atoms with Gasteiger partial charge in [0, 0.05) is 27.3 Å². The number of aromatic nitrogens is 2. The van der Waals surface area contributed by atoms with Crippen LogP contribution in [0.3, 0.4) is 0 Å². The van der Waals surface area contributed by atoms with Crippen molar-refractivity contribution in [3.05, 3.63) is 65.2 Å². The number of hydrogen-bond acceptors (Lipinski definition) is 3. The van der Waals surface area contributed by atoms with Gasteiger partial charge < -0.3 is 5.73 Å². The summed E-state index contributed by atoms with van der Waals surface area (Å²) in [4.78, 5) is 1.15. The van der Waals surface area contributed by atoms with E-state index in [-0.39, 0.29) is 0 Å². The fourth-order valence-corrected chi connectivity index (χ4v) is 3.22. The number of benzene rings is 2. The summed E-state index contributed by atoms with van der Waals surface area (Å²) in [5.41, 5.74) is 8.87. The lowest BCUT2D eigenvalue weighted by molar-refractivity contribution is 1.10. The number of nitrogen functional groups attached to an aromatic ring is 1. The highest BCUT2D eigenvalue weighted by molar-refractivity contribution is 7.98. The molecule has 0 atom stereocenters. The van der Waals surface area contributed by atoms with E-state index in [1.165, 1.54) is 5.56 Å². The van der Waals surface area contributed by atoms with Crippen LogP contribution >= 0.6 is 23.4 Å². The standard InChI is InChI=1S/C16H14ClN3S/c17-12-6-7-15(21-10-11-4-2-1-3-5-11)13(8-12)14-9-16(18)20-19-14/h1-9H,10H2,(H3,18,19,20). The largest absolute Gasteiger partial charge is 0.382 e. The predicted octanol–water partition coefficient (Wildman–Crippen LogP) is 4.60. The van der Waals surface area contributed by atoms with E-state index < -0.39 is 0 Å². The lowest BCUT2D eigenvalue weighted by atomic mass is 10.1. The van der Waals surface area contributed by atoms with Gasteiger partial charge in [-0.15, -0.1) is 11.8 Å². The van der Waals surface area contributed by atoms with Crippen molar-refractivity contribution in [2.45, 2.75) is 10.6 Å². The molecule has 3 nitrogen and oxygen atoms in total. The number of aromatic amines is 1. The van der Waals surface area contributed by atoms with Crippen LogP contribution < -0.4 is 5.73 Å². The second kappa shape index (κ2) is 6.24. The molecule has 3 rings (SSSR count). The van der Waals surface area contributed by atoms with Crippen molar-refractivity contribution in [3.63, 3.8) is 0 Å². The van der Waals surface area contributed by atoms with Crippen molar-refractivity contribution in [1.82, 2.24) is 10.2 Å². The zero-order chi connectivity index (χ0) is 14.7. The van der Waals surface area contributed by atoms with Gasteiger partial charge in [0.1, 0.15) is 5.82 Å². The van der Waals surface area contributed by atoms with Crippen LogP contribution in [0.25, 0.3) is 11.3 Å². The van der Waals surface area contributed by atoms with Gasteiger partial charge in [0.15, 0.2) is 0 Å². The number of H-pyrrole nitrogens is 1. The van der Waals surface area contributed by atoms with Crippen LogP contribution in [-0.2, 0) is 5.75 Å². The summed E-state index contributed by atoms with van der Waals surface area (Å²) >= 11 is 7.88. The van der Waals surface area contributed by atoms with Crippen molar-refractivity contribution < 1.29 is 0 Å². The maximum atomic E-state index is 6.12. The number of hydrogen-bond donors (Lipinski definition) is 2. The van der Waals surface area contributed by atoms with Gasteiger partial charge in [-0.05, 0) is 23.8 Å². The van der Waals surface area contributed by atoms with Crippen LogP contribution in [0, 0.1) is 0 Å². The molecule has 0 aliphatic heterocycles. The Morgan fingerprint density at radius 3 is 2.62 bits per heavy atom. The summed E-state index contributed by atoms with van der Waals surface area (Å²) in [6.45, 7) is 0. The SMILES string of the molecule is Nc1cc(-c2cc(Cl)ccc2SCc2ccccc2)[nH]n1. The van der Waals surface area contributed by atoms with Crippen molar-refractivity contribution in [2.24, 2.45) is 0 Å². The Morgan fingerprint density at radius 2 is 1.90 bits per heavy atom. The van der Waals surface area contributed by atoms with Crippen LogP contribution in [-0.4, -0.2) is 10.2 Å². The zero-order valence-electron chi connectivity index (χ0n) is 11.2. The minimum absolute atomic E-state index is 0.476. The van der Waals surface area contributed by atoms with E-state index in [1.807, 2.05) is 42.5 Å². The average molecular weight is 316 g/mol. The number of halogens is 1. The number of nitrogens with zero attached hydrogens (tertiary/aromatic N) is 1. The smallest absolute Gasteiger partial charge is 0.145 e. The average Bonchev–Trinajstić information content (AvgIpc) is 2.93. The molecule has 0 aliphatic carbocycles. The molecule has 3 N–H and O–H groups in total. The van der Waals surface area contributed by atoms with Crippen molar-refractivity contribution in [1.29, 1.82) is 0 Å². The predicted molar refractivity (Wildman–Crippen MR) is 89.4 cm³/mol. The highest BCUT2D eigenvalue weighted by atomic mass is 35.5. The van der Waals surface area contributed by atoms with Gasteiger partial charge in [-0.1, -0.05) is 41.9 Å². The molecule has 3 aromatic rings. The van der Waals surface area contributed by atoms with Crippen molar-refractivity contribution in [3.8, 4) is 11.3 Å². The Hall–Kier alpha value is -1.91.